The molecule has 6 aromatic rings. The molecule has 217 valence electrons. The van der Waals surface area contributed by atoms with Gasteiger partial charge in [-0.05, 0) is 65.0 Å². The van der Waals surface area contributed by atoms with Crippen molar-refractivity contribution in [1.82, 2.24) is 9.97 Å². The predicted molar refractivity (Wildman–Crippen MR) is 174 cm³/mol. The van der Waals surface area contributed by atoms with Crippen molar-refractivity contribution < 1.29 is 35.1 Å². The van der Waals surface area contributed by atoms with Gasteiger partial charge < -0.3 is 19.4 Å². The van der Waals surface area contributed by atoms with Crippen LogP contribution < -0.4 is 25.9 Å². The number of hydrogen-bond acceptors (Lipinski definition) is 4. The molecule has 0 N–H and O–H groups in total. The molecule has 2 aliphatic heterocycles. The maximum absolute atomic E-state index is 8.58. The molecular weight excluding hydrogens is 719 g/mol. The molecule has 6 heteroatoms. The topological polar surface area (TPSA) is 44.2 Å². The monoisotopic (exact) mass is 753 g/mol. The third-order valence-electron chi connectivity index (χ3n) is 7.62. The molecule has 4 nitrogen and oxygen atoms in total. The molecule has 0 saturated heterocycles. The Morgan fingerprint density at radius 1 is 0.773 bits per heavy atom. The zero-order valence-electron chi connectivity index (χ0n) is 28.1. The van der Waals surface area contributed by atoms with Gasteiger partial charge in [-0.15, -0.1) is 59.6 Å². The van der Waals surface area contributed by atoms with E-state index < -0.39 is 12.7 Å². The van der Waals surface area contributed by atoms with Gasteiger partial charge in [0.2, 0.25) is 6.71 Å². The fourth-order valence-electron chi connectivity index (χ4n) is 5.61. The van der Waals surface area contributed by atoms with Gasteiger partial charge in [0.05, 0.1) is 0 Å². The minimum atomic E-state index is -2.36. The maximum Gasteiger partial charge on any atom is 0.241 e. The van der Waals surface area contributed by atoms with Crippen molar-refractivity contribution in [3.63, 3.8) is 0 Å². The van der Waals surface area contributed by atoms with E-state index in [1.54, 1.807) is 26.1 Å². The summed E-state index contributed by atoms with van der Waals surface area (Å²) in [6.45, 7) is 0.908. The van der Waals surface area contributed by atoms with Gasteiger partial charge in [0, 0.05) is 49.2 Å². The van der Waals surface area contributed by atoms with E-state index in [4.69, 9.17) is 15.0 Å². The molecule has 1 radical (unpaired) electrons. The van der Waals surface area contributed by atoms with Crippen LogP contribution in [0, 0.1) is 19.0 Å². The average molecular weight is 753 g/mol. The first kappa shape index (κ1) is 24.9. The largest absolute Gasteiger partial charge is 0.503 e. The number of para-hydroxylation sites is 1. The molecular formula is C38H29BIrN2O2-2. The minimum absolute atomic E-state index is 0. The van der Waals surface area contributed by atoms with Crippen molar-refractivity contribution in [1.29, 1.82) is 0 Å². The number of benzene rings is 4. The van der Waals surface area contributed by atoms with Gasteiger partial charge in [-0.3, -0.25) is 0 Å². The normalized spacial score (nSPS) is 13.7. The Hall–Kier alpha value is -4.51. The molecule has 0 fully saturated rings. The summed E-state index contributed by atoms with van der Waals surface area (Å²) in [5.74, 6) is 1.78. The van der Waals surface area contributed by atoms with E-state index in [0.29, 0.717) is 28.3 Å². The molecule has 0 amide bonds. The molecule has 0 aliphatic carbocycles. The second-order valence-electron chi connectivity index (χ2n) is 10.6. The van der Waals surface area contributed by atoms with Crippen LogP contribution in [0.3, 0.4) is 0 Å². The van der Waals surface area contributed by atoms with Gasteiger partial charge >= 0.3 is 0 Å². The summed E-state index contributed by atoms with van der Waals surface area (Å²) in [7, 11) is 0. The van der Waals surface area contributed by atoms with Crippen LogP contribution in [0.1, 0.15) is 36.4 Å². The molecule has 0 saturated carbocycles. The second-order valence-corrected chi connectivity index (χ2v) is 10.6. The smallest absolute Gasteiger partial charge is 0.241 e. The summed E-state index contributed by atoms with van der Waals surface area (Å²) in [5, 5.41) is 0. The molecule has 0 bridgehead atoms. The van der Waals surface area contributed by atoms with Crippen LogP contribution in [-0.2, 0) is 20.1 Å². The van der Waals surface area contributed by atoms with E-state index in [9.17, 15) is 0 Å². The molecule has 4 heterocycles. The Labute approximate surface area is 278 Å². The molecule has 2 aromatic heterocycles. The molecule has 4 aromatic carbocycles. The van der Waals surface area contributed by atoms with Crippen molar-refractivity contribution in [3.8, 4) is 45.5 Å². The average Bonchev–Trinajstić information content (AvgIpc) is 3.08. The van der Waals surface area contributed by atoms with E-state index >= 15 is 0 Å². The number of ether oxygens (including phenoxy) is 2. The quantitative estimate of drug-likeness (QED) is 0.141. The van der Waals surface area contributed by atoms with Gasteiger partial charge in [-0.25, -0.2) is 0 Å². The van der Waals surface area contributed by atoms with Crippen molar-refractivity contribution in [3.05, 3.63) is 139 Å². The minimum Gasteiger partial charge on any atom is -0.503 e. The Bertz CT molecular complexity index is 2050. The van der Waals surface area contributed by atoms with Gasteiger partial charge in [0.25, 0.3) is 0 Å². The Morgan fingerprint density at radius 2 is 1.57 bits per heavy atom. The summed E-state index contributed by atoms with van der Waals surface area (Å²) in [5.41, 5.74) is 6.64. The summed E-state index contributed by atoms with van der Waals surface area (Å²) in [4.78, 5) is 8.72. The Balaban J connectivity index is 0.000000260. The number of hydrogen-bond donors (Lipinski definition) is 0. The summed E-state index contributed by atoms with van der Waals surface area (Å²) in [6, 6.07) is 39.4. The number of nitrogens with zero attached hydrogens (tertiary/aromatic N) is 2. The second kappa shape index (κ2) is 12.6. The molecule has 0 atom stereocenters. The molecule has 2 aliphatic rings. The zero-order valence-corrected chi connectivity index (χ0v) is 26.5. The van der Waals surface area contributed by atoms with Crippen molar-refractivity contribution in [2.75, 3.05) is 0 Å². The summed E-state index contributed by atoms with van der Waals surface area (Å²) < 4.78 is 44.9. The van der Waals surface area contributed by atoms with E-state index in [1.807, 2.05) is 91.0 Å². The van der Waals surface area contributed by atoms with Gasteiger partial charge in [0.15, 0.2) is 0 Å². The van der Waals surface area contributed by atoms with Crippen LogP contribution in [0.2, 0.25) is 0 Å². The Kier molecular flexibility index (Phi) is 7.14. The first-order chi connectivity index (χ1) is 22.6. The van der Waals surface area contributed by atoms with Gasteiger partial charge in [0.1, 0.15) is 17.2 Å². The summed E-state index contributed by atoms with van der Waals surface area (Å²) >= 11 is 0. The maximum atomic E-state index is 8.58. The van der Waals surface area contributed by atoms with Crippen molar-refractivity contribution in [2.24, 2.45) is 0 Å². The summed E-state index contributed by atoms with van der Waals surface area (Å²) in [6.07, 6.45) is 3.15. The number of aryl methyl sites for hydroxylation is 1. The SMILES string of the molecule is [2H]C([2H])([2H])c1cnc(-c2[c-]ccc3c2Oc2cccc4c2B3c2ccccc2O4)cc1C([2H])(C)C.[Ir].[c-]1ccccc1-c1ccccn1. The van der Waals surface area contributed by atoms with Crippen molar-refractivity contribution in [2.45, 2.75) is 26.6 Å². The van der Waals surface area contributed by atoms with E-state index in [2.05, 4.69) is 28.2 Å². The number of pyridine rings is 2. The third kappa shape index (κ3) is 5.48. The van der Waals surface area contributed by atoms with Crippen LogP contribution in [0.25, 0.3) is 22.5 Å². The number of aromatic nitrogens is 2. The predicted octanol–water partition coefficient (Wildman–Crippen LogP) is 7.25. The molecule has 0 spiro atoms. The fourth-order valence-corrected chi connectivity index (χ4v) is 5.61. The number of rotatable bonds is 3. The zero-order chi connectivity index (χ0) is 32.8. The Morgan fingerprint density at radius 3 is 2.34 bits per heavy atom. The first-order valence-electron chi connectivity index (χ1n) is 16.1. The molecule has 0 unspecified atom stereocenters. The van der Waals surface area contributed by atoms with Gasteiger partial charge in [-0.1, -0.05) is 61.9 Å². The number of fused-ring (bicyclic) bond motifs is 4. The van der Waals surface area contributed by atoms with Crippen LogP contribution >= 0.6 is 0 Å². The fraction of sp³-hybridized carbons (Fsp3) is 0.105. The van der Waals surface area contributed by atoms with Crippen molar-refractivity contribution >= 4 is 23.1 Å². The van der Waals surface area contributed by atoms with E-state index in [1.165, 1.54) is 6.20 Å². The first-order valence-corrected chi connectivity index (χ1v) is 14.1. The van der Waals surface area contributed by atoms with Crippen LogP contribution in [0.15, 0.2) is 116 Å². The van der Waals surface area contributed by atoms with E-state index in [0.717, 1.165) is 39.1 Å². The van der Waals surface area contributed by atoms with Crippen LogP contribution in [0.4, 0.5) is 0 Å². The van der Waals surface area contributed by atoms with E-state index in [-0.39, 0.29) is 32.4 Å². The van der Waals surface area contributed by atoms with Gasteiger partial charge in [-0.2, -0.15) is 0 Å². The van der Waals surface area contributed by atoms with Crippen LogP contribution in [0.5, 0.6) is 23.0 Å². The van der Waals surface area contributed by atoms with Crippen LogP contribution in [-0.4, -0.2) is 16.7 Å². The molecule has 8 rings (SSSR count). The third-order valence-corrected chi connectivity index (χ3v) is 7.62. The molecule has 44 heavy (non-hydrogen) atoms. The standard InChI is InChI=1S/C27H21BNO2.C11H8N.Ir/c1-16(2)19-14-22(29-15-17(19)3)18-8-6-10-21-27(18)31-25-13-7-12-24-26(25)28(21)20-9-4-5-11-23(20)30-24;1-2-6-10(7-3-1)11-8-4-5-9-12-11;/h4-7,9-16H,1-3H3;1-6,8-9H;/q2*-1;/i3D3,16D;;.